The molecule has 32 heavy (non-hydrogen) atoms. The summed E-state index contributed by atoms with van der Waals surface area (Å²) in [5, 5.41) is 5.29. The summed E-state index contributed by atoms with van der Waals surface area (Å²) in [4.78, 5) is 62.4. The molecule has 1 saturated carbocycles. The van der Waals surface area contributed by atoms with Gasteiger partial charge >= 0.3 is 5.97 Å². The quantitative estimate of drug-likeness (QED) is 0.341. The molecule has 1 aromatic rings. The van der Waals surface area contributed by atoms with Crippen molar-refractivity contribution in [2.45, 2.75) is 57.9 Å². The van der Waals surface area contributed by atoms with Crippen LogP contribution >= 0.6 is 0 Å². The van der Waals surface area contributed by atoms with E-state index < -0.39 is 11.9 Å². The van der Waals surface area contributed by atoms with E-state index in [4.69, 9.17) is 4.74 Å². The van der Waals surface area contributed by atoms with E-state index in [0.717, 1.165) is 32.1 Å². The SMILES string of the molecule is CCOC(=O)CCC(=O)NCCNC(=O)c1ccc2c(c1)C(=O)N(C1CCCCC1)C2=O. The van der Waals surface area contributed by atoms with Gasteiger partial charge in [0.2, 0.25) is 5.91 Å². The topological polar surface area (TPSA) is 122 Å². The van der Waals surface area contributed by atoms with Crippen LogP contribution < -0.4 is 10.6 Å². The van der Waals surface area contributed by atoms with Crippen LogP contribution in [-0.2, 0) is 14.3 Å². The highest BCUT2D eigenvalue weighted by molar-refractivity contribution is 6.22. The third kappa shape index (κ3) is 5.52. The normalized spacial score (nSPS) is 16.0. The van der Waals surface area contributed by atoms with Crippen LogP contribution in [-0.4, -0.2) is 60.2 Å². The van der Waals surface area contributed by atoms with Gasteiger partial charge in [-0.2, -0.15) is 0 Å². The van der Waals surface area contributed by atoms with Gasteiger partial charge in [-0.3, -0.25) is 28.9 Å². The van der Waals surface area contributed by atoms with Crippen molar-refractivity contribution >= 4 is 29.6 Å². The average Bonchev–Trinajstić information content (AvgIpc) is 3.05. The van der Waals surface area contributed by atoms with Crippen molar-refractivity contribution in [3.63, 3.8) is 0 Å². The van der Waals surface area contributed by atoms with Crippen molar-refractivity contribution in [2.75, 3.05) is 19.7 Å². The van der Waals surface area contributed by atoms with Crippen LogP contribution in [0.25, 0.3) is 0 Å². The second-order valence-corrected chi connectivity index (χ2v) is 7.94. The third-order valence-electron chi connectivity index (χ3n) is 5.71. The van der Waals surface area contributed by atoms with Gasteiger partial charge in [0.05, 0.1) is 24.2 Å². The molecule has 0 spiro atoms. The molecule has 4 amide bonds. The number of nitrogens with one attached hydrogen (secondary N) is 2. The lowest BCUT2D eigenvalue weighted by Crippen LogP contribution is -2.40. The molecule has 1 heterocycles. The van der Waals surface area contributed by atoms with E-state index in [1.165, 1.54) is 23.1 Å². The number of ether oxygens (including phenoxy) is 1. The van der Waals surface area contributed by atoms with Gasteiger partial charge in [0.15, 0.2) is 0 Å². The van der Waals surface area contributed by atoms with Crippen molar-refractivity contribution in [1.29, 1.82) is 0 Å². The number of imide groups is 1. The summed E-state index contributed by atoms with van der Waals surface area (Å²) in [6.45, 7) is 2.35. The number of nitrogens with zero attached hydrogens (tertiary/aromatic N) is 1. The fourth-order valence-electron chi connectivity index (χ4n) is 4.09. The van der Waals surface area contributed by atoms with E-state index in [2.05, 4.69) is 10.6 Å². The monoisotopic (exact) mass is 443 g/mol. The molecule has 0 atom stereocenters. The maximum atomic E-state index is 12.9. The van der Waals surface area contributed by atoms with Crippen LogP contribution in [0.2, 0.25) is 0 Å². The molecule has 0 saturated heterocycles. The van der Waals surface area contributed by atoms with Crippen LogP contribution in [0.3, 0.4) is 0 Å². The van der Waals surface area contributed by atoms with Gasteiger partial charge in [0.1, 0.15) is 0 Å². The fourth-order valence-corrected chi connectivity index (χ4v) is 4.09. The van der Waals surface area contributed by atoms with Crippen molar-refractivity contribution in [3.05, 3.63) is 34.9 Å². The zero-order valence-electron chi connectivity index (χ0n) is 18.3. The lowest BCUT2D eigenvalue weighted by atomic mass is 9.94. The van der Waals surface area contributed by atoms with Crippen molar-refractivity contribution in [2.24, 2.45) is 0 Å². The van der Waals surface area contributed by atoms with Gasteiger partial charge in [-0.1, -0.05) is 19.3 Å². The van der Waals surface area contributed by atoms with Crippen LogP contribution in [0.4, 0.5) is 0 Å². The first-order valence-corrected chi connectivity index (χ1v) is 11.1. The second-order valence-electron chi connectivity index (χ2n) is 7.94. The molecule has 9 heteroatoms. The summed E-state index contributed by atoms with van der Waals surface area (Å²) in [6.07, 6.45) is 4.80. The highest BCUT2D eigenvalue weighted by Gasteiger charge is 2.40. The number of rotatable bonds is 9. The van der Waals surface area contributed by atoms with Crippen LogP contribution in [0.1, 0.15) is 82.9 Å². The van der Waals surface area contributed by atoms with Gasteiger partial charge in [-0.25, -0.2) is 0 Å². The van der Waals surface area contributed by atoms with E-state index in [1.807, 2.05) is 0 Å². The summed E-state index contributed by atoms with van der Waals surface area (Å²) in [5.41, 5.74) is 0.885. The molecule has 0 aromatic heterocycles. The molecular formula is C23H29N3O6. The summed E-state index contributed by atoms with van der Waals surface area (Å²) in [7, 11) is 0. The minimum atomic E-state index is -0.428. The Balaban J connectivity index is 1.49. The number of hydrogen-bond acceptors (Lipinski definition) is 6. The summed E-state index contributed by atoms with van der Waals surface area (Å²) in [6, 6.07) is 4.46. The lowest BCUT2D eigenvalue weighted by molar-refractivity contribution is -0.144. The maximum Gasteiger partial charge on any atom is 0.306 e. The molecular weight excluding hydrogens is 414 g/mol. The van der Waals surface area contributed by atoms with E-state index in [-0.39, 0.29) is 67.4 Å². The Morgan fingerprint density at radius 3 is 2.38 bits per heavy atom. The standard InChI is InChI=1S/C23H29N3O6/c1-2-32-20(28)11-10-19(27)24-12-13-25-21(29)15-8-9-17-18(14-15)23(31)26(22(17)30)16-6-4-3-5-7-16/h8-9,14,16H,2-7,10-13H2,1H3,(H,24,27)(H,25,29). The van der Waals surface area contributed by atoms with Crippen LogP contribution in [0.5, 0.6) is 0 Å². The fraction of sp³-hybridized carbons (Fsp3) is 0.522. The highest BCUT2D eigenvalue weighted by atomic mass is 16.5. The Bertz CT molecular complexity index is 907. The lowest BCUT2D eigenvalue weighted by Gasteiger charge is -2.29. The number of benzene rings is 1. The number of carbonyl (C=O) groups is 5. The molecule has 2 N–H and O–H groups in total. The molecule has 1 aliphatic carbocycles. The zero-order valence-corrected chi connectivity index (χ0v) is 18.3. The van der Waals surface area contributed by atoms with Crippen LogP contribution in [0, 0.1) is 0 Å². The van der Waals surface area contributed by atoms with Crippen LogP contribution in [0.15, 0.2) is 18.2 Å². The first-order chi connectivity index (χ1) is 15.4. The molecule has 1 fully saturated rings. The molecule has 1 aromatic carbocycles. The Kier molecular flexibility index (Phi) is 7.97. The molecule has 9 nitrogen and oxygen atoms in total. The number of fused-ring (bicyclic) bond motifs is 1. The van der Waals surface area contributed by atoms with E-state index in [9.17, 15) is 24.0 Å². The molecule has 1 aliphatic heterocycles. The van der Waals surface area contributed by atoms with Crippen molar-refractivity contribution in [1.82, 2.24) is 15.5 Å². The number of esters is 1. The minimum absolute atomic E-state index is 0.00574. The molecule has 0 unspecified atom stereocenters. The molecule has 172 valence electrons. The van der Waals surface area contributed by atoms with Crippen molar-refractivity contribution < 1.29 is 28.7 Å². The number of hydrogen-bond donors (Lipinski definition) is 2. The van der Waals surface area contributed by atoms with E-state index in [0.29, 0.717) is 5.56 Å². The number of carbonyl (C=O) groups excluding carboxylic acids is 5. The summed E-state index contributed by atoms with van der Waals surface area (Å²) >= 11 is 0. The van der Waals surface area contributed by atoms with Gasteiger partial charge in [0.25, 0.3) is 17.7 Å². The van der Waals surface area contributed by atoms with E-state index in [1.54, 1.807) is 6.92 Å². The largest absolute Gasteiger partial charge is 0.466 e. The Morgan fingerprint density at radius 1 is 0.969 bits per heavy atom. The molecule has 0 bridgehead atoms. The maximum absolute atomic E-state index is 12.9. The summed E-state index contributed by atoms with van der Waals surface area (Å²) < 4.78 is 4.76. The summed E-state index contributed by atoms with van der Waals surface area (Å²) in [5.74, 6) is -1.75. The third-order valence-corrected chi connectivity index (χ3v) is 5.71. The first-order valence-electron chi connectivity index (χ1n) is 11.1. The van der Waals surface area contributed by atoms with Gasteiger partial charge in [-0.15, -0.1) is 0 Å². The molecule has 0 radical (unpaired) electrons. The number of amides is 4. The minimum Gasteiger partial charge on any atom is -0.466 e. The van der Waals surface area contributed by atoms with Crippen molar-refractivity contribution in [3.8, 4) is 0 Å². The predicted octanol–water partition coefficient (Wildman–Crippen LogP) is 1.80. The first kappa shape index (κ1) is 23.4. The Hall–Kier alpha value is -3.23. The van der Waals surface area contributed by atoms with Gasteiger partial charge in [-0.05, 0) is 38.0 Å². The van der Waals surface area contributed by atoms with Gasteiger partial charge < -0.3 is 15.4 Å². The highest BCUT2D eigenvalue weighted by Crippen LogP contribution is 2.31. The predicted molar refractivity (Wildman–Crippen MR) is 115 cm³/mol. The zero-order chi connectivity index (χ0) is 23.1. The smallest absolute Gasteiger partial charge is 0.306 e. The molecule has 2 aliphatic rings. The Morgan fingerprint density at radius 2 is 1.66 bits per heavy atom. The second kappa shape index (κ2) is 10.9. The average molecular weight is 444 g/mol. The van der Waals surface area contributed by atoms with Gasteiger partial charge in [0, 0.05) is 31.1 Å². The molecule has 3 rings (SSSR count). The van der Waals surface area contributed by atoms with E-state index >= 15 is 0 Å². The Labute approximate surface area is 186 Å².